The maximum Gasteiger partial charge on any atom is 0.416 e. The second kappa shape index (κ2) is 7.34. The van der Waals surface area contributed by atoms with Crippen molar-refractivity contribution in [3.05, 3.63) is 59.2 Å². The third kappa shape index (κ3) is 4.94. The summed E-state index contributed by atoms with van der Waals surface area (Å²) in [5, 5.41) is 2.32. The van der Waals surface area contributed by atoms with Gasteiger partial charge in [-0.3, -0.25) is 9.52 Å². The molecule has 1 amide bonds. The van der Waals surface area contributed by atoms with Crippen molar-refractivity contribution in [2.75, 3.05) is 11.8 Å². The molecule has 2 N–H and O–H groups in total. The smallest absolute Gasteiger partial charge is 0.355 e. The summed E-state index contributed by atoms with van der Waals surface area (Å²) < 4.78 is 104. The summed E-state index contributed by atoms with van der Waals surface area (Å²) in [7, 11) is -3.40. The molecule has 2 aromatic carbocycles. The Balaban J connectivity index is 2.46. The molecule has 0 atom stereocenters. The second-order valence-electron chi connectivity index (χ2n) is 5.50. The lowest BCUT2D eigenvalue weighted by atomic mass is 10.1. The Kier molecular flexibility index (Phi) is 5.64. The van der Waals surface area contributed by atoms with Crippen LogP contribution in [0.5, 0.6) is 0 Å². The lowest BCUT2D eigenvalue weighted by Crippen LogP contribution is -2.18. The Hall–Kier alpha value is -2.76. The number of benzene rings is 2. The van der Waals surface area contributed by atoms with Crippen molar-refractivity contribution in [2.24, 2.45) is 0 Å². The Morgan fingerprint density at radius 3 is 1.71 bits per heavy atom. The molecule has 0 heterocycles. The van der Waals surface area contributed by atoms with Gasteiger partial charge in [-0.25, -0.2) is 8.42 Å². The first-order valence-electron chi connectivity index (χ1n) is 7.38. The molecule has 5 nitrogen and oxygen atoms in total. The fourth-order valence-corrected chi connectivity index (χ4v) is 3.26. The zero-order valence-corrected chi connectivity index (χ0v) is 14.8. The van der Waals surface area contributed by atoms with Gasteiger partial charge in [0.25, 0.3) is 15.9 Å². The molecule has 0 fully saturated rings. The van der Waals surface area contributed by atoms with Gasteiger partial charge in [-0.2, -0.15) is 26.3 Å². The average molecular weight is 426 g/mol. The number of halogens is 6. The number of alkyl halides is 6. The number of rotatable bonds is 4. The molecule has 0 spiro atoms. The first kappa shape index (κ1) is 21.5. The van der Waals surface area contributed by atoms with E-state index in [2.05, 4.69) is 5.32 Å². The van der Waals surface area contributed by atoms with Gasteiger partial charge in [-0.1, -0.05) is 0 Å². The maximum absolute atomic E-state index is 12.9. The van der Waals surface area contributed by atoms with Crippen molar-refractivity contribution >= 4 is 21.6 Å². The third-order valence-corrected chi connectivity index (χ3v) is 4.86. The minimum Gasteiger partial charge on any atom is -0.355 e. The van der Waals surface area contributed by atoms with E-state index in [0.717, 1.165) is 12.1 Å². The average Bonchev–Trinajstić information content (AvgIpc) is 2.59. The number of carbonyl (C=O) groups excluding carboxylic acids is 1. The van der Waals surface area contributed by atoms with E-state index in [4.69, 9.17) is 0 Å². The summed E-state index contributed by atoms with van der Waals surface area (Å²) in [6.45, 7) is 0. The van der Waals surface area contributed by atoms with Crippen LogP contribution in [0.2, 0.25) is 0 Å². The van der Waals surface area contributed by atoms with E-state index in [-0.39, 0.29) is 29.4 Å². The van der Waals surface area contributed by atoms with Gasteiger partial charge in [0.15, 0.2) is 0 Å². The van der Waals surface area contributed by atoms with Gasteiger partial charge in [0.05, 0.1) is 16.0 Å². The molecule has 0 aliphatic heterocycles. The van der Waals surface area contributed by atoms with Crippen LogP contribution in [0.15, 0.2) is 47.4 Å². The monoisotopic (exact) mass is 426 g/mol. The maximum atomic E-state index is 12.9. The van der Waals surface area contributed by atoms with Gasteiger partial charge >= 0.3 is 12.4 Å². The Bertz CT molecular complexity index is 951. The lowest BCUT2D eigenvalue weighted by Gasteiger charge is -2.15. The summed E-state index contributed by atoms with van der Waals surface area (Å²) >= 11 is 0. The molecule has 0 aromatic heterocycles. The van der Waals surface area contributed by atoms with Crippen molar-refractivity contribution in [1.82, 2.24) is 5.32 Å². The molecule has 2 rings (SSSR count). The molecule has 0 aliphatic rings. The molecule has 0 unspecified atom stereocenters. The Morgan fingerprint density at radius 2 is 1.32 bits per heavy atom. The minimum atomic E-state index is -5.18. The van der Waals surface area contributed by atoms with Gasteiger partial charge < -0.3 is 5.32 Å². The third-order valence-electron chi connectivity index (χ3n) is 3.50. The highest BCUT2D eigenvalue weighted by atomic mass is 32.2. The van der Waals surface area contributed by atoms with Crippen molar-refractivity contribution in [3.63, 3.8) is 0 Å². The minimum absolute atomic E-state index is 0.108. The summed E-state index contributed by atoms with van der Waals surface area (Å²) in [6.07, 6.45) is -10.4. The van der Waals surface area contributed by atoms with Gasteiger partial charge in [-0.05, 0) is 42.5 Å². The highest BCUT2D eigenvalue weighted by molar-refractivity contribution is 7.92. The quantitative estimate of drug-likeness (QED) is 0.729. The van der Waals surface area contributed by atoms with Crippen LogP contribution in [0, 0.1) is 0 Å². The van der Waals surface area contributed by atoms with Gasteiger partial charge in [0, 0.05) is 18.3 Å². The number of hydrogen-bond donors (Lipinski definition) is 2. The lowest BCUT2D eigenvalue weighted by molar-refractivity contribution is -0.143. The number of carbonyl (C=O) groups is 1. The van der Waals surface area contributed by atoms with E-state index in [0.29, 0.717) is 0 Å². The van der Waals surface area contributed by atoms with Crippen molar-refractivity contribution in [3.8, 4) is 0 Å². The summed E-state index contributed by atoms with van der Waals surface area (Å²) in [6, 6.07) is 4.78. The number of amides is 1. The summed E-state index contributed by atoms with van der Waals surface area (Å²) in [4.78, 5) is 10.2. The normalized spacial score (nSPS) is 12.5. The fraction of sp³-hybridized carbons (Fsp3) is 0.188. The topological polar surface area (TPSA) is 75.3 Å². The van der Waals surface area contributed by atoms with Crippen LogP contribution in [-0.4, -0.2) is 21.4 Å². The zero-order chi connectivity index (χ0) is 21.3. The number of hydrogen-bond acceptors (Lipinski definition) is 3. The SMILES string of the molecule is CNC(=O)c1ccc(NS(=O)(=O)c2cc(C(F)(F)F)cc(C(F)(F)F)c2)cc1. The number of sulfonamides is 1. The van der Waals surface area contributed by atoms with E-state index in [1.54, 1.807) is 0 Å². The summed E-state index contributed by atoms with van der Waals surface area (Å²) in [5.41, 5.74) is -3.49. The highest BCUT2D eigenvalue weighted by Gasteiger charge is 2.38. The Morgan fingerprint density at radius 1 is 0.857 bits per heavy atom. The predicted octanol–water partition coefficient (Wildman–Crippen LogP) is 3.88. The van der Waals surface area contributed by atoms with E-state index in [1.807, 2.05) is 4.72 Å². The highest BCUT2D eigenvalue weighted by Crippen LogP contribution is 2.37. The van der Waals surface area contributed by atoms with Crippen LogP contribution in [0.1, 0.15) is 21.5 Å². The van der Waals surface area contributed by atoms with Gasteiger partial charge in [-0.15, -0.1) is 0 Å². The molecule has 0 radical (unpaired) electrons. The van der Waals surface area contributed by atoms with Crippen molar-refractivity contribution < 1.29 is 39.6 Å². The van der Waals surface area contributed by atoms with Crippen LogP contribution in [0.3, 0.4) is 0 Å². The zero-order valence-electron chi connectivity index (χ0n) is 13.9. The molecule has 0 saturated carbocycles. The fourth-order valence-electron chi connectivity index (χ4n) is 2.13. The van der Waals surface area contributed by atoms with E-state index >= 15 is 0 Å². The van der Waals surface area contributed by atoms with E-state index in [9.17, 15) is 39.6 Å². The Labute approximate surface area is 155 Å². The van der Waals surface area contributed by atoms with Gasteiger partial charge in [0.1, 0.15) is 0 Å². The van der Waals surface area contributed by atoms with E-state index in [1.165, 1.54) is 19.2 Å². The molecule has 152 valence electrons. The first-order valence-corrected chi connectivity index (χ1v) is 8.87. The molecular weight excluding hydrogens is 414 g/mol. The van der Waals surface area contributed by atoms with Crippen LogP contribution in [-0.2, 0) is 22.4 Å². The van der Waals surface area contributed by atoms with E-state index < -0.39 is 44.3 Å². The first-order chi connectivity index (χ1) is 12.7. The second-order valence-corrected chi connectivity index (χ2v) is 7.19. The number of anilines is 1. The summed E-state index contributed by atoms with van der Waals surface area (Å²) in [5.74, 6) is -0.470. The molecule has 28 heavy (non-hydrogen) atoms. The predicted molar refractivity (Wildman–Crippen MR) is 87.1 cm³/mol. The van der Waals surface area contributed by atoms with Gasteiger partial charge in [0.2, 0.25) is 0 Å². The standard InChI is InChI=1S/C16H12F6N2O3S/c1-23-14(25)9-2-4-12(5-3-9)24-28(26,27)13-7-10(15(17,18)19)6-11(8-13)16(20,21)22/h2-8,24H,1H3,(H,23,25). The van der Waals surface area contributed by atoms with Crippen LogP contribution >= 0.6 is 0 Å². The molecule has 0 bridgehead atoms. The molecule has 0 aliphatic carbocycles. The van der Waals surface area contributed by atoms with Crippen LogP contribution < -0.4 is 10.0 Å². The molecule has 2 aromatic rings. The molecular formula is C16H12F6N2O3S. The van der Waals surface area contributed by atoms with Crippen molar-refractivity contribution in [2.45, 2.75) is 17.2 Å². The van der Waals surface area contributed by atoms with Crippen LogP contribution in [0.25, 0.3) is 0 Å². The largest absolute Gasteiger partial charge is 0.416 e. The van der Waals surface area contributed by atoms with Crippen LogP contribution in [0.4, 0.5) is 32.0 Å². The molecule has 12 heteroatoms. The van der Waals surface area contributed by atoms with Crippen molar-refractivity contribution in [1.29, 1.82) is 0 Å². The number of nitrogens with one attached hydrogen (secondary N) is 2. The molecule has 0 saturated heterocycles.